The van der Waals surface area contributed by atoms with Crippen LogP contribution in [0.4, 0.5) is 5.95 Å². The van der Waals surface area contributed by atoms with Gasteiger partial charge in [-0.05, 0) is 36.8 Å². The number of carbonyl (C=O) groups excluding carboxylic acids is 1. The van der Waals surface area contributed by atoms with Crippen molar-refractivity contribution in [3.8, 4) is 11.5 Å². The van der Waals surface area contributed by atoms with Gasteiger partial charge in [0, 0.05) is 16.8 Å². The van der Waals surface area contributed by atoms with Crippen LogP contribution in [0.2, 0.25) is 0 Å². The van der Waals surface area contributed by atoms with Gasteiger partial charge in [0.2, 0.25) is 12.7 Å². The molecule has 0 spiro atoms. The van der Waals surface area contributed by atoms with Crippen LogP contribution >= 0.6 is 0 Å². The van der Waals surface area contributed by atoms with E-state index in [9.17, 15) is 4.79 Å². The van der Waals surface area contributed by atoms with E-state index < -0.39 is 0 Å². The van der Waals surface area contributed by atoms with Crippen molar-refractivity contribution < 1.29 is 14.3 Å². The second-order valence-corrected chi connectivity index (χ2v) is 7.67. The lowest BCUT2D eigenvalue weighted by Crippen LogP contribution is -2.28. The molecule has 0 bridgehead atoms. The number of nitrogens with zero attached hydrogens (tertiary/aromatic N) is 2. The molecule has 0 unspecified atom stereocenters. The number of para-hydroxylation sites is 2. The third-order valence-electron chi connectivity index (χ3n) is 5.82. The van der Waals surface area contributed by atoms with Gasteiger partial charge in [-0.25, -0.2) is 4.98 Å². The summed E-state index contributed by atoms with van der Waals surface area (Å²) in [6.07, 6.45) is 0. The van der Waals surface area contributed by atoms with Gasteiger partial charge in [-0.2, -0.15) is 0 Å². The maximum atomic E-state index is 13.7. The van der Waals surface area contributed by atoms with Crippen LogP contribution < -0.4 is 14.8 Å². The van der Waals surface area contributed by atoms with Gasteiger partial charge in [0.1, 0.15) is 0 Å². The largest absolute Gasteiger partial charge is 0.454 e. The minimum Gasteiger partial charge on any atom is -0.454 e. The topological polar surface area (TPSA) is 65.4 Å². The van der Waals surface area contributed by atoms with Gasteiger partial charge in [0.25, 0.3) is 0 Å². The first-order valence-electron chi connectivity index (χ1n) is 10.1. The second kappa shape index (κ2) is 6.74. The first kappa shape index (κ1) is 17.8. The van der Waals surface area contributed by atoms with Crippen LogP contribution in [0.15, 0.2) is 84.1 Å². The van der Waals surface area contributed by atoms with Crippen LogP contribution in [0.25, 0.3) is 11.0 Å². The average Bonchev–Trinajstić information content (AvgIpc) is 3.42. The molecule has 1 N–H and O–H groups in total. The van der Waals surface area contributed by atoms with Gasteiger partial charge in [0.05, 0.1) is 17.1 Å². The van der Waals surface area contributed by atoms with Gasteiger partial charge < -0.3 is 14.8 Å². The molecule has 4 aromatic rings. The molecule has 31 heavy (non-hydrogen) atoms. The van der Waals surface area contributed by atoms with Gasteiger partial charge in [-0.15, -0.1) is 0 Å². The Kier molecular flexibility index (Phi) is 3.86. The molecule has 0 saturated heterocycles. The fraction of sp³-hybridized carbons (Fsp3) is 0.120. The van der Waals surface area contributed by atoms with Gasteiger partial charge in [0.15, 0.2) is 17.3 Å². The Hall–Kier alpha value is -4.06. The molecule has 2 aliphatic rings. The van der Waals surface area contributed by atoms with Crippen LogP contribution in [-0.4, -0.2) is 22.1 Å². The first-order valence-corrected chi connectivity index (χ1v) is 10.1. The number of imidazole rings is 1. The number of hydrogen-bond acceptors (Lipinski definition) is 5. The summed E-state index contributed by atoms with van der Waals surface area (Å²) in [7, 11) is 0. The number of ketones is 1. The lowest BCUT2D eigenvalue weighted by Gasteiger charge is -2.31. The van der Waals surface area contributed by atoms with E-state index in [2.05, 4.69) is 9.88 Å². The molecular weight excluding hydrogens is 390 g/mol. The van der Waals surface area contributed by atoms with Crippen molar-refractivity contribution in [1.29, 1.82) is 0 Å². The third-order valence-corrected chi connectivity index (χ3v) is 5.82. The quantitative estimate of drug-likeness (QED) is 0.486. The highest BCUT2D eigenvalue weighted by Crippen LogP contribution is 2.43. The van der Waals surface area contributed by atoms with Crippen LogP contribution in [0.3, 0.4) is 0 Å². The SMILES string of the molecule is CC1=C(C(=O)c2ccccc2)[C@H](c2ccc3c(c2)OCO3)n2c(nc3ccccc32)N1. The monoisotopic (exact) mass is 409 g/mol. The zero-order chi connectivity index (χ0) is 20.9. The lowest BCUT2D eigenvalue weighted by atomic mass is 9.89. The van der Waals surface area contributed by atoms with Gasteiger partial charge in [-0.3, -0.25) is 9.36 Å². The number of anilines is 1. The number of fused-ring (bicyclic) bond motifs is 4. The van der Waals surface area contributed by atoms with E-state index in [1.165, 1.54) is 0 Å². The molecule has 3 heterocycles. The highest BCUT2D eigenvalue weighted by atomic mass is 16.7. The Labute approximate surface area is 178 Å². The molecule has 152 valence electrons. The van der Waals surface area contributed by atoms with Crippen molar-refractivity contribution >= 4 is 22.8 Å². The molecule has 2 aliphatic heterocycles. The number of nitrogens with one attached hydrogen (secondary N) is 1. The Bertz CT molecular complexity index is 1370. The fourth-order valence-electron chi connectivity index (χ4n) is 4.40. The predicted molar refractivity (Wildman–Crippen MR) is 118 cm³/mol. The molecule has 0 amide bonds. The van der Waals surface area contributed by atoms with E-state index in [0.29, 0.717) is 28.6 Å². The lowest BCUT2D eigenvalue weighted by molar-refractivity contribution is 0.102. The number of hydrogen-bond donors (Lipinski definition) is 1. The number of benzene rings is 3. The zero-order valence-corrected chi connectivity index (χ0v) is 16.8. The summed E-state index contributed by atoms with van der Waals surface area (Å²) in [6.45, 7) is 2.13. The summed E-state index contributed by atoms with van der Waals surface area (Å²) in [6, 6.07) is 22.8. The molecule has 6 nitrogen and oxygen atoms in total. The van der Waals surface area contributed by atoms with Crippen LogP contribution in [-0.2, 0) is 0 Å². The summed E-state index contributed by atoms with van der Waals surface area (Å²) in [5.74, 6) is 2.10. The maximum Gasteiger partial charge on any atom is 0.231 e. The van der Waals surface area contributed by atoms with Crippen molar-refractivity contribution in [3.63, 3.8) is 0 Å². The van der Waals surface area contributed by atoms with Crippen molar-refractivity contribution in [2.24, 2.45) is 0 Å². The zero-order valence-electron chi connectivity index (χ0n) is 16.8. The Morgan fingerprint density at radius 3 is 2.65 bits per heavy atom. The van der Waals surface area contributed by atoms with Crippen molar-refractivity contribution in [1.82, 2.24) is 9.55 Å². The number of aromatic nitrogens is 2. The number of allylic oxidation sites excluding steroid dienone is 2. The number of rotatable bonds is 3. The summed E-state index contributed by atoms with van der Waals surface area (Å²) in [4.78, 5) is 18.5. The van der Waals surface area contributed by atoms with E-state index >= 15 is 0 Å². The van der Waals surface area contributed by atoms with Crippen LogP contribution in [0.5, 0.6) is 11.5 Å². The Morgan fingerprint density at radius 2 is 1.77 bits per heavy atom. The molecule has 0 saturated carbocycles. The normalized spacial score (nSPS) is 16.9. The summed E-state index contributed by atoms with van der Waals surface area (Å²) in [5, 5.41) is 3.36. The van der Waals surface area contributed by atoms with E-state index in [1.54, 1.807) is 0 Å². The molecule has 1 aromatic heterocycles. The van der Waals surface area contributed by atoms with Crippen molar-refractivity contribution in [3.05, 3.63) is 95.2 Å². The highest BCUT2D eigenvalue weighted by Gasteiger charge is 2.35. The summed E-state index contributed by atoms with van der Waals surface area (Å²) in [5.41, 5.74) is 4.89. The van der Waals surface area contributed by atoms with Crippen LogP contribution in [0.1, 0.15) is 28.9 Å². The van der Waals surface area contributed by atoms with E-state index in [0.717, 1.165) is 22.3 Å². The van der Waals surface area contributed by atoms with Crippen LogP contribution in [0, 0.1) is 0 Å². The second-order valence-electron chi connectivity index (χ2n) is 7.67. The Balaban J connectivity index is 1.60. The minimum absolute atomic E-state index is 0.0169. The van der Waals surface area contributed by atoms with Gasteiger partial charge >= 0.3 is 0 Å². The Morgan fingerprint density at radius 1 is 1.00 bits per heavy atom. The molecule has 6 heteroatoms. The van der Waals surface area contributed by atoms with Crippen molar-refractivity contribution in [2.45, 2.75) is 13.0 Å². The summed E-state index contributed by atoms with van der Waals surface area (Å²) >= 11 is 0. The third kappa shape index (κ3) is 2.72. The molecule has 0 radical (unpaired) electrons. The van der Waals surface area contributed by atoms with Crippen molar-refractivity contribution in [2.75, 3.05) is 12.1 Å². The van der Waals surface area contributed by atoms with E-state index in [1.807, 2.05) is 79.7 Å². The molecule has 0 aliphatic carbocycles. The molecule has 6 rings (SSSR count). The first-order chi connectivity index (χ1) is 15.2. The molecule has 0 fully saturated rings. The minimum atomic E-state index is -0.356. The molecular formula is C25H19N3O3. The number of Topliss-reactive ketones (excluding diaryl/α,β-unsaturated/α-hetero) is 1. The molecule has 1 atom stereocenters. The number of carbonyl (C=O) groups is 1. The molecule has 3 aromatic carbocycles. The van der Waals surface area contributed by atoms with E-state index in [4.69, 9.17) is 14.5 Å². The maximum absolute atomic E-state index is 13.7. The standard InChI is InChI=1S/C25H19N3O3/c1-15-22(24(29)16-7-3-2-4-8-16)23(17-11-12-20-21(13-17)31-14-30-20)28-19-10-6-5-9-18(19)27-25(28)26-15/h2-13,23H,14H2,1H3,(H,26,27)/t23-/m0/s1. The smallest absolute Gasteiger partial charge is 0.231 e. The highest BCUT2D eigenvalue weighted by molar-refractivity contribution is 6.11. The predicted octanol–water partition coefficient (Wildman–Crippen LogP) is 4.94. The summed E-state index contributed by atoms with van der Waals surface area (Å²) < 4.78 is 13.2. The van der Waals surface area contributed by atoms with E-state index in [-0.39, 0.29) is 18.6 Å². The number of ether oxygens (including phenoxy) is 2. The fourth-order valence-corrected chi connectivity index (χ4v) is 4.40. The average molecular weight is 409 g/mol. The van der Waals surface area contributed by atoms with Gasteiger partial charge in [-0.1, -0.05) is 48.5 Å².